The van der Waals surface area contributed by atoms with Crippen molar-refractivity contribution in [2.45, 2.75) is 26.3 Å². The van der Waals surface area contributed by atoms with Gasteiger partial charge in [-0.3, -0.25) is 4.79 Å². The Balaban J connectivity index is 2.63. The van der Waals surface area contributed by atoms with Gasteiger partial charge >= 0.3 is 0 Å². The first-order valence-electron chi connectivity index (χ1n) is 5.31. The molecule has 0 spiro atoms. The number of halogens is 1. The van der Waals surface area contributed by atoms with Gasteiger partial charge in [-0.2, -0.15) is 0 Å². The van der Waals surface area contributed by atoms with Crippen LogP contribution in [0.2, 0.25) is 0 Å². The van der Waals surface area contributed by atoms with Crippen LogP contribution in [0.5, 0.6) is 0 Å². The van der Waals surface area contributed by atoms with E-state index in [4.69, 9.17) is 5.73 Å². The second kappa shape index (κ2) is 6.01. The highest BCUT2D eigenvalue weighted by Gasteiger charge is 2.10. The molecule has 1 rings (SSSR count). The van der Waals surface area contributed by atoms with Crippen molar-refractivity contribution >= 4 is 21.8 Å². The lowest BCUT2D eigenvalue weighted by atomic mass is 10.1. The molecule has 1 aromatic carbocycles. The predicted octanol–water partition coefficient (Wildman–Crippen LogP) is 2.22. The number of amides is 1. The highest BCUT2D eigenvalue weighted by atomic mass is 79.9. The molecule has 0 aromatic heterocycles. The zero-order valence-corrected chi connectivity index (χ0v) is 11.2. The van der Waals surface area contributed by atoms with Crippen molar-refractivity contribution in [1.82, 2.24) is 5.32 Å². The molecular weight excluding hydrogens is 268 g/mol. The van der Waals surface area contributed by atoms with E-state index in [1.54, 1.807) is 6.07 Å². The van der Waals surface area contributed by atoms with E-state index >= 15 is 0 Å². The number of rotatable bonds is 4. The van der Waals surface area contributed by atoms with E-state index in [0.29, 0.717) is 12.1 Å². The van der Waals surface area contributed by atoms with E-state index in [1.807, 2.05) is 26.0 Å². The zero-order valence-electron chi connectivity index (χ0n) is 9.59. The standard InChI is InChI=1S/C12H17BrN2O/c1-8-4-3-5-10(11(8)13)12(16)15-7-6-9(2)14/h3-5,9H,6-7,14H2,1-2H3,(H,15,16). The van der Waals surface area contributed by atoms with Crippen molar-refractivity contribution in [3.05, 3.63) is 33.8 Å². The number of benzene rings is 1. The fourth-order valence-electron chi connectivity index (χ4n) is 1.33. The lowest BCUT2D eigenvalue weighted by molar-refractivity contribution is 0.0952. The molecule has 0 bridgehead atoms. The molecule has 1 aromatic rings. The number of hydrogen-bond donors (Lipinski definition) is 2. The molecule has 3 nitrogen and oxygen atoms in total. The van der Waals surface area contributed by atoms with Crippen molar-refractivity contribution in [1.29, 1.82) is 0 Å². The van der Waals surface area contributed by atoms with Crippen molar-refractivity contribution in [2.24, 2.45) is 5.73 Å². The summed E-state index contributed by atoms with van der Waals surface area (Å²) in [5.74, 6) is -0.0591. The Morgan fingerprint density at radius 2 is 2.25 bits per heavy atom. The monoisotopic (exact) mass is 284 g/mol. The molecule has 0 saturated heterocycles. The normalized spacial score (nSPS) is 12.2. The summed E-state index contributed by atoms with van der Waals surface area (Å²) in [5.41, 5.74) is 7.34. The topological polar surface area (TPSA) is 55.1 Å². The first-order chi connectivity index (χ1) is 7.52. The SMILES string of the molecule is Cc1cccc(C(=O)NCCC(C)N)c1Br. The van der Waals surface area contributed by atoms with E-state index in [1.165, 1.54) is 0 Å². The van der Waals surface area contributed by atoms with E-state index in [2.05, 4.69) is 21.2 Å². The largest absolute Gasteiger partial charge is 0.352 e. The summed E-state index contributed by atoms with van der Waals surface area (Å²) in [5, 5.41) is 2.85. The third kappa shape index (κ3) is 3.61. The molecule has 0 saturated carbocycles. The van der Waals surface area contributed by atoms with Crippen LogP contribution in [0.4, 0.5) is 0 Å². The van der Waals surface area contributed by atoms with Gasteiger partial charge in [-0.25, -0.2) is 0 Å². The molecule has 0 aliphatic rings. The average Bonchev–Trinajstić information content (AvgIpc) is 2.21. The van der Waals surface area contributed by atoms with Gasteiger partial charge in [0, 0.05) is 17.1 Å². The van der Waals surface area contributed by atoms with Crippen LogP contribution in [0.3, 0.4) is 0 Å². The van der Waals surface area contributed by atoms with Crippen LogP contribution in [-0.4, -0.2) is 18.5 Å². The Morgan fingerprint density at radius 1 is 1.56 bits per heavy atom. The molecular formula is C12H17BrN2O. The summed E-state index contributed by atoms with van der Waals surface area (Å²) in [6, 6.07) is 5.75. The summed E-state index contributed by atoms with van der Waals surface area (Å²) in [4.78, 5) is 11.8. The second-order valence-corrected chi connectivity index (χ2v) is 4.75. The summed E-state index contributed by atoms with van der Waals surface area (Å²) in [6.07, 6.45) is 0.787. The van der Waals surface area contributed by atoms with E-state index < -0.39 is 0 Å². The van der Waals surface area contributed by atoms with Crippen LogP contribution in [0, 0.1) is 6.92 Å². The van der Waals surface area contributed by atoms with Gasteiger partial charge in [0.2, 0.25) is 0 Å². The fraction of sp³-hybridized carbons (Fsp3) is 0.417. The van der Waals surface area contributed by atoms with Gasteiger partial charge in [-0.05, 0) is 47.8 Å². The van der Waals surface area contributed by atoms with Gasteiger partial charge in [-0.15, -0.1) is 0 Å². The molecule has 0 aliphatic carbocycles. The molecule has 16 heavy (non-hydrogen) atoms. The molecule has 0 aliphatic heterocycles. The van der Waals surface area contributed by atoms with Crippen LogP contribution in [-0.2, 0) is 0 Å². The number of hydrogen-bond acceptors (Lipinski definition) is 2. The van der Waals surface area contributed by atoms with Crippen molar-refractivity contribution in [3.63, 3.8) is 0 Å². The van der Waals surface area contributed by atoms with E-state index in [-0.39, 0.29) is 11.9 Å². The molecule has 1 amide bonds. The van der Waals surface area contributed by atoms with Gasteiger partial charge in [0.15, 0.2) is 0 Å². The Bertz CT molecular complexity index is 377. The highest BCUT2D eigenvalue weighted by molar-refractivity contribution is 9.10. The zero-order chi connectivity index (χ0) is 12.1. The first-order valence-corrected chi connectivity index (χ1v) is 6.10. The number of carbonyl (C=O) groups excluding carboxylic acids is 1. The molecule has 3 N–H and O–H groups in total. The predicted molar refractivity (Wildman–Crippen MR) is 69.5 cm³/mol. The summed E-state index contributed by atoms with van der Waals surface area (Å²) in [6.45, 7) is 4.49. The van der Waals surface area contributed by atoms with Crippen molar-refractivity contribution in [3.8, 4) is 0 Å². The summed E-state index contributed by atoms with van der Waals surface area (Å²) >= 11 is 3.42. The maximum Gasteiger partial charge on any atom is 0.252 e. The third-order valence-corrected chi connectivity index (χ3v) is 3.37. The number of carbonyl (C=O) groups is 1. The van der Waals surface area contributed by atoms with Gasteiger partial charge in [-0.1, -0.05) is 12.1 Å². The summed E-state index contributed by atoms with van der Waals surface area (Å²) in [7, 11) is 0. The molecule has 1 atom stereocenters. The van der Waals surface area contributed by atoms with Gasteiger partial charge < -0.3 is 11.1 Å². The lowest BCUT2D eigenvalue weighted by Gasteiger charge is -2.09. The third-order valence-electron chi connectivity index (χ3n) is 2.32. The average molecular weight is 285 g/mol. The van der Waals surface area contributed by atoms with E-state index in [0.717, 1.165) is 16.5 Å². The van der Waals surface area contributed by atoms with Crippen molar-refractivity contribution in [2.75, 3.05) is 6.54 Å². The molecule has 0 radical (unpaired) electrons. The fourth-order valence-corrected chi connectivity index (χ4v) is 1.78. The van der Waals surface area contributed by atoms with Gasteiger partial charge in [0.1, 0.15) is 0 Å². The van der Waals surface area contributed by atoms with Crippen LogP contribution in [0.25, 0.3) is 0 Å². The minimum atomic E-state index is -0.0591. The Hall–Kier alpha value is -0.870. The Kier molecular flexibility index (Phi) is 4.96. The Labute approximate surface area is 105 Å². The quantitative estimate of drug-likeness (QED) is 0.891. The smallest absolute Gasteiger partial charge is 0.252 e. The van der Waals surface area contributed by atoms with Gasteiger partial charge in [0.25, 0.3) is 5.91 Å². The molecule has 1 unspecified atom stereocenters. The van der Waals surface area contributed by atoms with Crippen LogP contribution < -0.4 is 11.1 Å². The molecule has 0 heterocycles. The maximum absolute atomic E-state index is 11.8. The molecule has 88 valence electrons. The minimum Gasteiger partial charge on any atom is -0.352 e. The van der Waals surface area contributed by atoms with E-state index in [9.17, 15) is 4.79 Å². The number of nitrogens with one attached hydrogen (secondary N) is 1. The molecule has 0 fully saturated rings. The van der Waals surface area contributed by atoms with Crippen molar-refractivity contribution < 1.29 is 4.79 Å². The first kappa shape index (κ1) is 13.2. The second-order valence-electron chi connectivity index (χ2n) is 3.96. The Morgan fingerprint density at radius 3 is 2.88 bits per heavy atom. The van der Waals surface area contributed by atoms with Gasteiger partial charge in [0.05, 0.1) is 5.56 Å². The lowest BCUT2D eigenvalue weighted by Crippen LogP contribution is -2.29. The summed E-state index contributed by atoms with van der Waals surface area (Å²) < 4.78 is 0.855. The minimum absolute atomic E-state index is 0.0591. The van der Waals surface area contributed by atoms with Crippen LogP contribution in [0.15, 0.2) is 22.7 Å². The number of nitrogens with two attached hydrogens (primary N) is 1. The van der Waals surface area contributed by atoms with Crippen LogP contribution in [0.1, 0.15) is 29.3 Å². The highest BCUT2D eigenvalue weighted by Crippen LogP contribution is 2.20. The maximum atomic E-state index is 11.8. The number of aryl methyl sites for hydroxylation is 1. The van der Waals surface area contributed by atoms with Crippen LogP contribution >= 0.6 is 15.9 Å². The molecule has 4 heteroatoms.